The van der Waals surface area contributed by atoms with Gasteiger partial charge in [0.05, 0.1) is 37.1 Å². The molecule has 9 nitrogen and oxygen atoms in total. The Hall–Kier alpha value is -5.18. The molecule has 0 unspecified atom stereocenters. The standard InChI is InChI=1S/C29H23N3O6/c1-3-36-26-17-19(10-15-24(26)38-29(34)25-9-6-16-37-25)18-30-32-27(20-11-13-21(35-2)14-12-20)31-23-8-5-4-7-22(23)28(32)33/h4-18H,3H2,1-2H3. The molecule has 5 rings (SSSR count). The summed E-state index contributed by atoms with van der Waals surface area (Å²) in [6, 6.07) is 22.4. The minimum atomic E-state index is -0.643. The molecule has 0 bridgehead atoms. The van der Waals surface area contributed by atoms with Crippen LogP contribution in [0.15, 0.2) is 99.4 Å². The first kappa shape index (κ1) is 24.5. The molecule has 0 saturated carbocycles. The highest BCUT2D eigenvalue weighted by Gasteiger charge is 2.16. The number of aromatic nitrogens is 2. The van der Waals surface area contributed by atoms with Gasteiger partial charge in [0.1, 0.15) is 5.75 Å². The van der Waals surface area contributed by atoms with Crippen molar-refractivity contribution in [2.75, 3.05) is 13.7 Å². The SMILES string of the molecule is CCOc1cc(C=Nn2c(-c3ccc(OC)cc3)nc3ccccc3c2=O)ccc1OC(=O)c1ccco1. The van der Waals surface area contributed by atoms with Crippen LogP contribution in [-0.2, 0) is 0 Å². The van der Waals surface area contributed by atoms with E-state index in [1.807, 2.05) is 25.1 Å². The molecule has 5 aromatic rings. The number of para-hydroxylation sites is 1. The van der Waals surface area contributed by atoms with Crippen LogP contribution < -0.4 is 19.8 Å². The number of nitrogens with zero attached hydrogens (tertiary/aromatic N) is 3. The summed E-state index contributed by atoms with van der Waals surface area (Å²) in [5, 5.41) is 4.93. The number of esters is 1. The highest BCUT2D eigenvalue weighted by molar-refractivity contribution is 5.89. The number of rotatable bonds is 8. The van der Waals surface area contributed by atoms with Crippen LogP contribution >= 0.6 is 0 Å². The van der Waals surface area contributed by atoms with Gasteiger partial charge < -0.3 is 18.6 Å². The Labute approximate surface area is 217 Å². The predicted octanol–water partition coefficient (Wildman–Crippen LogP) is 5.17. The maximum Gasteiger partial charge on any atom is 0.379 e. The number of fused-ring (bicyclic) bond motifs is 1. The van der Waals surface area contributed by atoms with E-state index in [0.717, 1.165) is 0 Å². The molecule has 0 amide bonds. The van der Waals surface area contributed by atoms with E-state index in [1.54, 1.807) is 61.7 Å². The van der Waals surface area contributed by atoms with Crippen LogP contribution in [0, 0.1) is 0 Å². The van der Waals surface area contributed by atoms with Crippen LogP contribution in [0.3, 0.4) is 0 Å². The molecule has 190 valence electrons. The predicted molar refractivity (Wildman–Crippen MR) is 142 cm³/mol. The largest absolute Gasteiger partial charge is 0.497 e. The van der Waals surface area contributed by atoms with E-state index in [-0.39, 0.29) is 17.1 Å². The van der Waals surface area contributed by atoms with Crippen LogP contribution in [0.4, 0.5) is 0 Å². The van der Waals surface area contributed by atoms with Crippen molar-refractivity contribution in [3.8, 4) is 28.6 Å². The molecule has 0 fully saturated rings. The van der Waals surface area contributed by atoms with Crippen molar-refractivity contribution in [2.24, 2.45) is 5.10 Å². The van der Waals surface area contributed by atoms with Gasteiger partial charge in [-0.25, -0.2) is 9.78 Å². The van der Waals surface area contributed by atoms with E-state index in [4.69, 9.17) is 23.6 Å². The first-order valence-electron chi connectivity index (χ1n) is 11.8. The molecule has 0 saturated heterocycles. The maximum atomic E-state index is 13.4. The van der Waals surface area contributed by atoms with E-state index in [2.05, 4.69) is 5.10 Å². The third kappa shape index (κ3) is 5.03. The Bertz CT molecular complexity index is 1670. The van der Waals surface area contributed by atoms with Crippen LogP contribution in [0.5, 0.6) is 17.2 Å². The van der Waals surface area contributed by atoms with Gasteiger partial charge in [0, 0.05) is 5.56 Å². The van der Waals surface area contributed by atoms with Crippen LogP contribution in [0.1, 0.15) is 23.0 Å². The molecule has 0 atom stereocenters. The minimum absolute atomic E-state index is 0.0762. The fourth-order valence-electron chi connectivity index (χ4n) is 3.78. The number of ether oxygens (including phenoxy) is 3. The van der Waals surface area contributed by atoms with Crippen LogP contribution in [-0.4, -0.2) is 35.6 Å². The van der Waals surface area contributed by atoms with Crippen molar-refractivity contribution in [3.63, 3.8) is 0 Å². The molecule has 3 aromatic carbocycles. The summed E-state index contributed by atoms with van der Waals surface area (Å²) in [6.07, 6.45) is 2.91. The molecule has 0 radical (unpaired) electrons. The van der Waals surface area contributed by atoms with Gasteiger partial charge in [-0.05, 0) is 79.2 Å². The molecule has 0 N–H and O–H groups in total. The fraction of sp³-hybridized carbons (Fsp3) is 0.103. The van der Waals surface area contributed by atoms with Crippen molar-refractivity contribution in [1.82, 2.24) is 9.66 Å². The van der Waals surface area contributed by atoms with Crippen molar-refractivity contribution < 1.29 is 23.4 Å². The number of methoxy groups -OCH3 is 1. The molecule has 0 spiro atoms. The first-order chi connectivity index (χ1) is 18.6. The lowest BCUT2D eigenvalue weighted by Crippen LogP contribution is -2.20. The molecule has 9 heteroatoms. The summed E-state index contributed by atoms with van der Waals surface area (Å²) in [5.74, 6) is 1.07. The molecule has 0 aliphatic rings. The quantitative estimate of drug-likeness (QED) is 0.162. The lowest BCUT2D eigenvalue weighted by molar-refractivity contribution is 0.0695. The zero-order valence-electron chi connectivity index (χ0n) is 20.7. The molecule has 2 aromatic heterocycles. The van der Waals surface area contributed by atoms with Crippen molar-refractivity contribution in [1.29, 1.82) is 0 Å². The number of furan rings is 1. The van der Waals surface area contributed by atoms with Gasteiger partial charge >= 0.3 is 5.97 Å². The zero-order valence-corrected chi connectivity index (χ0v) is 20.7. The molecule has 0 aliphatic heterocycles. The lowest BCUT2D eigenvalue weighted by Gasteiger charge is -2.11. The Morgan fingerprint density at radius 2 is 1.84 bits per heavy atom. The third-order valence-corrected chi connectivity index (χ3v) is 5.62. The van der Waals surface area contributed by atoms with E-state index in [1.165, 1.54) is 23.2 Å². The molecule has 2 heterocycles. The van der Waals surface area contributed by atoms with Crippen molar-refractivity contribution in [2.45, 2.75) is 6.92 Å². The second-order valence-electron chi connectivity index (χ2n) is 8.05. The summed E-state index contributed by atoms with van der Waals surface area (Å²) in [7, 11) is 1.59. The Kier molecular flexibility index (Phi) is 6.99. The van der Waals surface area contributed by atoms with E-state index >= 15 is 0 Å². The Balaban J connectivity index is 1.53. The summed E-state index contributed by atoms with van der Waals surface area (Å²) < 4.78 is 22.7. The number of carbonyl (C=O) groups is 1. The van der Waals surface area contributed by atoms with Gasteiger partial charge in [-0.3, -0.25) is 4.79 Å². The topological polar surface area (TPSA) is 105 Å². The molecule has 0 aliphatic carbocycles. The third-order valence-electron chi connectivity index (χ3n) is 5.62. The second kappa shape index (κ2) is 10.8. The summed E-state index contributed by atoms with van der Waals surface area (Å²) in [4.78, 5) is 30.5. The second-order valence-corrected chi connectivity index (χ2v) is 8.05. The first-order valence-corrected chi connectivity index (χ1v) is 11.8. The van der Waals surface area contributed by atoms with Gasteiger partial charge in [-0.15, -0.1) is 0 Å². The van der Waals surface area contributed by atoms with Crippen molar-refractivity contribution >= 4 is 23.1 Å². The summed E-state index contributed by atoms with van der Waals surface area (Å²) >= 11 is 0. The van der Waals surface area contributed by atoms with E-state index < -0.39 is 5.97 Å². The smallest absolute Gasteiger partial charge is 0.379 e. The van der Waals surface area contributed by atoms with E-state index in [0.29, 0.717) is 46.0 Å². The Morgan fingerprint density at radius 3 is 2.58 bits per heavy atom. The van der Waals surface area contributed by atoms with Crippen LogP contribution in [0.25, 0.3) is 22.3 Å². The van der Waals surface area contributed by atoms with Gasteiger partial charge in [0.25, 0.3) is 5.56 Å². The average molecular weight is 510 g/mol. The monoisotopic (exact) mass is 509 g/mol. The lowest BCUT2D eigenvalue weighted by atomic mass is 10.2. The average Bonchev–Trinajstić information content (AvgIpc) is 3.49. The Morgan fingerprint density at radius 1 is 1.03 bits per heavy atom. The van der Waals surface area contributed by atoms with Gasteiger partial charge in [-0.2, -0.15) is 9.78 Å². The minimum Gasteiger partial charge on any atom is -0.497 e. The normalized spacial score (nSPS) is 11.1. The van der Waals surface area contributed by atoms with Crippen LogP contribution in [0.2, 0.25) is 0 Å². The summed E-state index contributed by atoms with van der Waals surface area (Å²) in [5.41, 5.74) is 1.57. The highest BCUT2D eigenvalue weighted by atomic mass is 16.6. The number of hydrogen-bond donors (Lipinski definition) is 0. The van der Waals surface area contributed by atoms with E-state index in [9.17, 15) is 9.59 Å². The fourth-order valence-corrected chi connectivity index (χ4v) is 3.78. The number of benzene rings is 3. The maximum absolute atomic E-state index is 13.4. The molecule has 38 heavy (non-hydrogen) atoms. The zero-order chi connectivity index (χ0) is 26.5. The van der Waals surface area contributed by atoms with Crippen molar-refractivity contribution in [3.05, 3.63) is 107 Å². The summed E-state index contributed by atoms with van der Waals surface area (Å²) in [6.45, 7) is 2.17. The molecular formula is C29H23N3O6. The molecular weight excluding hydrogens is 486 g/mol. The number of hydrogen-bond acceptors (Lipinski definition) is 8. The highest BCUT2D eigenvalue weighted by Crippen LogP contribution is 2.29. The number of carbonyl (C=O) groups excluding carboxylic acids is 1. The van der Waals surface area contributed by atoms with Gasteiger partial charge in [0.15, 0.2) is 17.3 Å². The van der Waals surface area contributed by atoms with Gasteiger partial charge in [0.2, 0.25) is 5.76 Å². The van der Waals surface area contributed by atoms with Gasteiger partial charge in [-0.1, -0.05) is 12.1 Å².